The van der Waals surface area contributed by atoms with Crippen LogP contribution in [0.25, 0.3) is 0 Å². The number of hydrogen-bond donors (Lipinski definition) is 1. The molecule has 21 heavy (non-hydrogen) atoms. The highest BCUT2D eigenvalue weighted by molar-refractivity contribution is 5.81. The van der Waals surface area contributed by atoms with Crippen LogP contribution in [0.5, 0.6) is 0 Å². The fraction of sp³-hybridized carbons (Fsp3) is 0.571. The van der Waals surface area contributed by atoms with Crippen molar-refractivity contribution >= 4 is 12.1 Å². The normalized spacial score (nSPS) is 12.4. The number of nitrogens with one attached hydrogen (secondary N) is 1. The first-order valence-corrected chi connectivity index (χ1v) is 6.73. The molecule has 7 nitrogen and oxygen atoms in total. The third-order valence-electron chi connectivity index (χ3n) is 2.29. The van der Waals surface area contributed by atoms with Crippen molar-refractivity contribution in [2.24, 2.45) is 0 Å². The summed E-state index contributed by atoms with van der Waals surface area (Å²) in [7, 11) is 0. The fourth-order valence-electron chi connectivity index (χ4n) is 1.53. The Morgan fingerprint density at radius 2 is 2.05 bits per heavy atom. The van der Waals surface area contributed by atoms with E-state index < -0.39 is 23.7 Å². The van der Waals surface area contributed by atoms with Gasteiger partial charge in [0.15, 0.2) is 0 Å². The largest absolute Gasteiger partial charge is 0.464 e. The Hall–Kier alpha value is -2.18. The van der Waals surface area contributed by atoms with Crippen LogP contribution in [-0.2, 0) is 20.7 Å². The van der Waals surface area contributed by atoms with Gasteiger partial charge in [0.25, 0.3) is 0 Å². The van der Waals surface area contributed by atoms with Gasteiger partial charge >= 0.3 is 12.1 Å². The zero-order chi connectivity index (χ0) is 15.9. The molecule has 1 aromatic heterocycles. The molecule has 0 saturated heterocycles. The van der Waals surface area contributed by atoms with Gasteiger partial charge in [-0.3, -0.25) is 9.97 Å². The van der Waals surface area contributed by atoms with Crippen LogP contribution in [0.2, 0.25) is 0 Å². The molecule has 116 valence electrons. The van der Waals surface area contributed by atoms with Gasteiger partial charge in [-0.05, 0) is 27.7 Å². The van der Waals surface area contributed by atoms with Gasteiger partial charge in [0, 0.05) is 25.0 Å². The molecule has 0 fully saturated rings. The highest BCUT2D eigenvalue weighted by Crippen LogP contribution is 2.08. The number of ether oxygens (including phenoxy) is 2. The molecule has 1 heterocycles. The molecule has 1 aromatic rings. The molecule has 0 aliphatic rings. The maximum Gasteiger partial charge on any atom is 0.408 e. The lowest BCUT2D eigenvalue weighted by Crippen LogP contribution is -2.45. The molecule has 1 N–H and O–H groups in total. The number of hydrogen-bond acceptors (Lipinski definition) is 6. The van der Waals surface area contributed by atoms with Crippen LogP contribution in [-0.4, -0.2) is 40.3 Å². The van der Waals surface area contributed by atoms with Crippen LogP contribution in [0, 0.1) is 0 Å². The summed E-state index contributed by atoms with van der Waals surface area (Å²) in [5.41, 5.74) is -0.0674. The number of nitrogens with zero attached hydrogens (tertiary/aromatic N) is 2. The van der Waals surface area contributed by atoms with Gasteiger partial charge in [-0.15, -0.1) is 0 Å². The van der Waals surface area contributed by atoms with Crippen LogP contribution < -0.4 is 5.32 Å². The summed E-state index contributed by atoms with van der Waals surface area (Å²) < 4.78 is 10.1. The van der Waals surface area contributed by atoms with E-state index in [9.17, 15) is 9.59 Å². The number of carbonyl (C=O) groups excluding carboxylic acids is 2. The van der Waals surface area contributed by atoms with Gasteiger partial charge in [-0.1, -0.05) is 0 Å². The Balaban J connectivity index is 2.73. The number of rotatable bonds is 5. The second kappa shape index (κ2) is 7.56. The van der Waals surface area contributed by atoms with Crippen molar-refractivity contribution in [2.75, 3.05) is 6.61 Å². The van der Waals surface area contributed by atoms with Crippen molar-refractivity contribution in [1.82, 2.24) is 15.3 Å². The van der Waals surface area contributed by atoms with E-state index in [0.717, 1.165) is 0 Å². The van der Waals surface area contributed by atoms with Crippen LogP contribution in [0.4, 0.5) is 4.79 Å². The quantitative estimate of drug-likeness (QED) is 0.827. The molecule has 0 aliphatic heterocycles. The lowest BCUT2D eigenvalue weighted by atomic mass is 10.1. The molecule has 0 radical (unpaired) electrons. The molecule has 0 spiro atoms. The van der Waals surface area contributed by atoms with E-state index >= 15 is 0 Å². The highest BCUT2D eigenvalue weighted by atomic mass is 16.6. The lowest BCUT2D eigenvalue weighted by Gasteiger charge is -2.22. The van der Waals surface area contributed by atoms with E-state index in [1.165, 1.54) is 18.6 Å². The van der Waals surface area contributed by atoms with Crippen LogP contribution in [0.15, 0.2) is 18.6 Å². The van der Waals surface area contributed by atoms with Crippen molar-refractivity contribution in [3.05, 3.63) is 24.3 Å². The minimum absolute atomic E-state index is 0.186. The van der Waals surface area contributed by atoms with E-state index in [2.05, 4.69) is 15.3 Å². The highest BCUT2D eigenvalue weighted by Gasteiger charge is 2.26. The first-order chi connectivity index (χ1) is 9.81. The van der Waals surface area contributed by atoms with Crippen molar-refractivity contribution in [2.45, 2.75) is 45.8 Å². The van der Waals surface area contributed by atoms with Crippen molar-refractivity contribution in [1.29, 1.82) is 0 Å². The number of amides is 1. The summed E-state index contributed by atoms with van der Waals surface area (Å²) >= 11 is 0. The van der Waals surface area contributed by atoms with Crippen molar-refractivity contribution in [3.8, 4) is 0 Å². The molecule has 0 aromatic carbocycles. The zero-order valence-electron chi connectivity index (χ0n) is 12.8. The van der Waals surface area contributed by atoms with Gasteiger partial charge in [0.2, 0.25) is 0 Å². The molecule has 0 saturated carbocycles. The van der Waals surface area contributed by atoms with Crippen LogP contribution in [0.3, 0.4) is 0 Å². The third kappa shape index (κ3) is 6.69. The maximum absolute atomic E-state index is 11.9. The summed E-state index contributed by atoms with van der Waals surface area (Å²) in [5, 5.41) is 2.50. The van der Waals surface area contributed by atoms with E-state index in [1.54, 1.807) is 27.7 Å². The second-order valence-corrected chi connectivity index (χ2v) is 5.35. The molecule has 7 heteroatoms. The summed E-state index contributed by atoms with van der Waals surface area (Å²) in [4.78, 5) is 31.7. The SMILES string of the molecule is CCOC(=O)C(Cc1cnccn1)NC(=O)OC(C)(C)C. The Bertz CT molecular complexity index is 471. The van der Waals surface area contributed by atoms with Crippen LogP contribution >= 0.6 is 0 Å². The van der Waals surface area contributed by atoms with E-state index in [-0.39, 0.29) is 13.0 Å². The smallest absolute Gasteiger partial charge is 0.408 e. The molecule has 1 amide bonds. The molecule has 1 unspecified atom stereocenters. The molecular weight excluding hydrogens is 274 g/mol. The minimum Gasteiger partial charge on any atom is -0.464 e. The standard InChI is InChI=1S/C14H21N3O4/c1-5-20-12(18)11(8-10-9-15-6-7-16-10)17-13(19)21-14(2,3)4/h6-7,9,11H,5,8H2,1-4H3,(H,17,19). The average molecular weight is 295 g/mol. The molecule has 0 aliphatic carbocycles. The summed E-state index contributed by atoms with van der Waals surface area (Å²) in [5.74, 6) is -0.533. The van der Waals surface area contributed by atoms with Crippen molar-refractivity contribution < 1.29 is 19.1 Å². The fourth-order valence-corrected chi connectivity index (χ4v) is 1.53. The van der Waals surface area contributed by atoms with E-state index in [0.29, 0.717) is 5.69 Å². The number of carbonyl (C=O) groups is 2. The van der Waals surface area contributed by atoms with Gasteiger partial charge in [0.05, 0.1) is 12.3 Å². The predicted molar refractivity (Wildman–Crippen MR) is 75.5 cm³/mol. The Morgan fingerprint density at radius 1 is 1.33 bits per heavy atom. The van der Waals surface area contributed by atoms with Crippen molar-refractivity contribution in [3.63, 3.8) is 0 Å². The monoisotopic (exact) mass is 295 g/mol. The first kappa shape index (κ1) is 16.9. The molecule has 1 rings (SSSR count). The maximum atomic E-state index is 11.9. The number of aromatic nitrogens is 2. The second-order valence-electron chi connectivity index (χ2n) is 5.35. The lowest BCUT2D eigenvalue weighted by molar-refractivity contribution is -0.145. The van der Waals surface area contributed by atoms with Gasteiger partial charge in [-0.25, -0.2) is 9.59 Å². The number of alkyl carbamates (subject to hydrolysis) is 1. The first-order valence-electron chi connectivity index (χ1n) is 6.73. The topological polar surface area (TPSA) is 90.4 Å². The van der Waals surface area contributed by atoms with Crippen LogP contribution in [0.1, 0.15) is 33.4 Å². The molecular formula is C14H21N3O4. The number of esters is 1. The summed E-state index contributed by atoms with van der Waals surface area (Å²) in [6.07, 6.45) is 4.09. The minimum atomic E-state index is -0.864. The van der Waals surface area contributed by atoms with E-state index in [1.807, 2.05) is 0 Å². The third-order valence-corrected chi connectivity index (χ3v) is 2.29. The van der Waals surface area contributed by atoms with Gasteiger partial charge in [-0.2, -0.15) is 0 Å². The molecule has 1 atom stereocenters. The Kier molecular flexibility index (Phi) is 6.08. The van der Waals surface area contributed by atoms with E-state index in [4.69, 9.17) is 9.47 Å². The average Bonchev–Trinajstić information content (AvgIpc) is 2.37. The summed E-state index contributed by atoms with van der Waals surface area (Å²) in [6, 6.07) is -0.864. The zero-order valence-corrected chi connectivity index (χ0v) is 12.8. The van der Waals surface area contributed by atoms with Gasteiger partial charge < -0.3 is 14.8 Å². The molecule has 0 bridgehead atoms. The summed E-state index contributed by atoms with van der Waals surface area (Å²) in [6.45, 7) is 7.16. The van der Waals surface area contributed by atoms with Gasteiger partial charge in [0.1, 0.15) is 11.6 Å². The Labute approximate surface area is 124 Å². The Morgan fingerprint density at radius 3 is 2.57 bits per heavy atom. The predicted octanol–water partition coefficient (Wildman–Crippen LogP) is 1.48.